The number of benzene rings is 1. The number of aromatic nitrogens is 1. The summed E-state index contributed by atoms with van der Waals surface area (Å²) in [6.07, 6.45) is 2.21. The number of anilines is 1. The highest BCUT2D eigenvalue weighted by atomic mass is 16.4. The molecule has 2 rings (SSSR count). The fourth-order valence-corrected chi connectivity index (χ4v) is 2.21. The van der Waals surface area contributed by atoms with Gasteiger partial charge in [-0.1, -0.05) is 38.8 Å². The van der Waals surface area contributed by atoms with Crippen molar-refractivity contribution in [2.45, 2.75) is 32.7 Å². The van der Waals surface area contributed by atoms with Crippen LogP contribution >= 0.6 is 0 Å². The highest BCUT2D eigenvalue weighted by molar-refractivity contribution is 5.74. The minimum absolute atomic E-state index is 0.134. The number of hydrogen-bond acceptors (Lipinski definition) is 4. The van der Waals surface area contributed by atoms with Gasteiger partial charge in [-0.05, 0) is 18.1 Å². The third kappa shape index (κ3) is 2.82. The van der Waals surface area contributed by atoms with Crippen molar-refractivity contribution < 1.29 is 4.42 Å². The summed E-state index contributed by atoms with van der Waals surface area (Å²) in [7, 11) is 0. The monoisotopic (exact) mass is 247 g/mol. The number of nitrogens with zero attached hydrogens (tertiary/aromatic N) is 1. The van der Waals surface area contributed by atoms with Crippen LogP contribution in [0.1, 0.15) is 26.7 Å². The maximum absolute atomic E-state index is 6.15. The normalized spacial score (nSPS) is 13.1. The average molecular weight is 247 g/mol. The number of para-hydroxylation sites is 2. The Hall–Kier alpha value is -1.55. The van der Waals surface area contributed by atoms with Gasteiger partial charge in [0.2, 0.25) is 0 Å². The molecule has 18 heavy (non-hydrogen) atoms. The van der Waals surface area contributed by atoms with Gasteiger partial charge in [-0.3, -0.25) is 0 Å². The largest absolute Gasteiger partial charge is 0.424 e. The second-order valence-electron chi connectivity index (χ2n) is 4.61. The highest BCUT2D eigenvalue weighted by Crippen LogP contribution is 2.18. The lowest BCUT2D eigenvalue weighted by atomic mass is 9.95. The van der Waals surface area contributed by atoms with Crippen molar-refractivity contribution in [3.63, 3.8) is 0 Å². The minimum Gasteiger partial charge on any atom is -0.424 e. The molecule has 0 bridgehead atoms. The Bertz CT molecular complexity index is 457. The molecule has 0 saturated heterocycles. The van der Waals surface area contributed by atoms with Gasteiger partial charge < -0.3 is 15.5 Å². The summed E-state index contributed by atoms with van der Waals surface area (Å²) in [4.78, 5) is 4.36. The lowest BCUT2D eigenvalue weighted by Gasteiger charge is -2.20. The second-order valence-corrected chi connectivity index (χ2v) is 4.61. The van der Waals surface area contributed by atoms with E-state index in [-0.39, 0.29) is 6.04 Å². The molecule has 0 radical (unpaired) electrons. The molecule has 1 aromatic carbocycles. The molecule has 1 atom stereocenters. The van der Waals surface area contributed by atoms with Crippen molar-refractivity contribution in [1.29, 1.82) is 0 Å². The van der Waals surface area contributed by atoms with Crippen LogP contribution in [0.25, 0.3) is 11.1 Å². The first-order chi connectivity index (χ1) is 8.74. The van der Waals surface area contributed by atoms with Crippen molar-refractivity contribution in [1.82, 2.24) is 4.98 Å². The van der Waals surface area contributed by atoms with Crippen molar-refractivity contribution in [3.05, 3.63) is 24.3 Å². The Balaban J connectivity index is 1.97. The molecule has 1 heterocycles. The zero-order valence-electron chi connectivity index (χ0n) is 11.0. The van der Waals surface area contributed by atoms with E-state index in [9.17, 15) is 0 Å². The zero-order chi connectivity index (χ0) is 13.0. The molecule has 0 aliphatic carbocycles. The molecule has 98 valence electrons. The van der Waals surface area contributed by atoms with Crippen molar-refractivity contribution in [3.8, 4) is 0 Å². The number of hydrogen-bond donors (Lipinski definition) is 2. The molecule has 0 aliphatic rings. The van der Waals surface area contributed by atoms with E-state index in [4.69, 9.17) is 10.2 Å². The molecule has 4 nitrogen and oxygen atoms in total. The van der Waals surface area contributed by atoms with Crippen LogP contribution < -0.4 is 11.1 Å². The van der Waals surface area contributed by atoms with Crippen molar-refractivity contribution in [2.75, 3.05) is 11.9 Å². The molecule has 0 aliphatic heterocycles. The van der Waals surface area contributed by atoms with Gasteiger partial charge in [-0.25, -0.2) is 0 Å². The van der Waals surface area contributed by atoms with Crippen LogP contribution in [0.3, 0.4) is 0 Å². The molecule has 2 aromatic rings. The van der Waals surface area contributed by atoms with Gasteiger partial charge in [0, 0.05) is 12.6 Å². The van der Waals surface area contributed by atoms with Gasteiger partial charge in [0.25, 0.3) is 6.01 Å². The van der Waals surface area contributed by atoms with Gasteiger partial charge >= 0.3 is 0 Å². The molecule has 4 heteroatoms. The Kier molecular flexibility index (Phi) is 4.20. The molecule has 0 amide bonds. The lowest BCUT2D eigenvalue weighted by Crippen LogP contribution is -2.36. The third-order valence-electron chi connectivity index (χ3n) is 3.44. The zero-order valence-corrected chi connectivity index (χ0v) is 11.0. The average Bonchev–Trinajstić information content (AvgIpc) is 2.80. The minimum atomic E-state index is 0.134. The van der Waals surface area contributed by atoms with E-state index in [1.54, 1.807) is 0 Å². The number of fused-ring (bicyclic) bond motifs is 1. The highest BCUT2D eigenvalue weighted by Gasteiger charge is 2.14. The number of oxazole rings is 1. The Morgan fingerprint density at radius 2 is 2.00 bits per heavy atom. The smallest absolute Gasteiger partial charge is 0.295 e. The number of rotatable bonds is 6. The summed E-state index contributed by atoms with van der Waals surface area (Å²) < 4.78 is 5.59. The predicted molar refractivity (Wildman–Crippen MR) is 74.5 cm³/mol. The van der Waals surface area contributed by atoms with Crippen LogP contribution in [-0.2, 0) is 0 Å². The topological polar surface area (TPSA) is 64.1 Å². The van der Waals surface area contributed by atoms with Crippen LogP contribution in [0.15, 0.2) is 28.7 Å². The SMILES string of the molecule is CCC(CC)C(N)CNc1nc2ccccc2o1. The van der Waals surface area contributed by atoms with Crippen molar-refractivity contribution >= 4 is 17.1 Å². The van der Waals surface area contributed by atoms with E-state index in [0.29, 0.717) is 18.5 Å². The Labute approximate surface area is 108 Å². The lowest BCUT2D eigenvalue weighted by molar-refractivity contribution is 0.405. The standard InChI is InChI=1S/C14H21N3O/c1-3-10(4-2)11(15)9-16-14-17-12-7-5-6-8-13(12)18-14/h5-8,10-11H,3-4,9,15H2,1-2H3,(H,16,17). The Morgan fingerprint density at radius 3 is 2.67 bits per heavy atom. The Morgan fingerprint density at radius 1 is 1.28 bits per heavy atom. The van der Waals surface area contributed by atoms with Gasteiger partial charge in [-0.15, -0.1) is 0 Å². The molecule has 1 aromatic heterocycles. The molecule has 3 N–H and O–H groups in total. The van der Waals surface area contributed by atoms with Gasteiger partial charge in [0.15, 0.2) is 5.58 Å². The number of nitrogens with one attached hydrogen (secondary N) is 1. The fraction of sp³-hybridized carbons (Fsp3) is 0.500. The van der Waals surface area contributed by atoms with E-state index in [0.717, 1.165) is 23.9 Å². The summed E-state index contributed by atoms with van der Waals surface area (Å²) in [5, 5.41) is 3.18. The molecule has 0 spiro atoms. The number of nitrogens with two attached hydrogens (primary N) is 1. The van der Waals surface area contributed by atoms with E-state index in [1.807, 2.05) is 24.3 Å². The molecular weight excluding hydrogens is 226 g/mol. The van der Waals surface area contributed by atoms with E-state index < -0.39 is 0 Å². The summed E-state index contributed by atoms with van der Waals surface area (Å²) >= 11 is 0. The van der Waals surface area contributed by atoms with Crippen molar-refractivity contribution in [2.24, 2.45) is 11.7 Å². The molecule has 0 saturated carbocycles. The van der Waals surface area contributed by atoms with Gasteiger partial charge in [0.1, 0.15) is 5.52 Å². The van der Waals surface area contributed by atoms with E-state index in [1.165, 1.54) is 0 Å². The molecule has 0 fully saturated rings. The van der Waals surface area contributed by atoms with Crippen LogP contribution in [0.5, 0.6) is 0 Å². The summed E-state index contributed by atoms with van der Waals surface area (Å²) in [6.45, 7) is 5.04. The first-order valence-corrected chi connectivity index (χ1v) is 6.59. The summed E-state index contributed by atoms with van der Waals surface area (Å²) in [6, 6.07) is 8.42. The molecular formula is C14H21N3O. The summed E-state index contributed by atoms with van der Waals surface area (Å²) in [5.41, 5.74) is 7.82. The first kappa shape index (κ1) is 12.9. The maximum atomic E-state index is 6.15. The van der Waals surface area contributed by atoms with Crippen LogP contribution in [0.2, 0.25) is 0 Å². The quantitative estimate of drug-likeness (QED) is 0.823. The maximum Gasteiger partial charge on any atom is 0.295 e. The predicted octanol–water partition coefficient (Wildman–Crippen LogP) is 3.00. The van der Waals surface area contributed by atoms with Crippen LogP contribution in [-0.4, -0.2) is 17.6 Å². The van der Waals surface area contributed by atoms with E-state index in [2.05, 4.69) is 24.1 Å². The van der Waals surface area contributed by atoms with Gasteiger partial charge in [0.05, 0.1) is 0 Å². The van der Waals surface area contributed by atoms with Crippen LogP contribution in [0, 0.1) is 5.92 Å². The van der Waals surface area contributed by atoms with Gasteiger partial charge in [-0.2, -0.15) is 4.98 Å². The third-order valence-corrected chi connectivity index (χ3v) is 3.44. The van der Waals surface area contributed by atoms with Crippen LogP contribution in [0.4, 0.5) is 6.01 Å². The van der Waals surface area contributed by atoms with E-state index >= 15 is 0 Å². The fourth-order valence-electron chi connectivity index (χ4n) is 2.21. The second kappa shape index (κ2) is 5.87. The summed E-state index contributed by atoms with van der Waals surface area (Å²) in [5.74, 6) is 0.543. The molecule has 1 unspecified atom stereocenters. The first-order valence-electron chi connectivity index (χ1n) is 6.59.